The summed E-state index contributed by atoms with van der Waals surface area (Å²) in [4.78, 5) is 2.59. The van der Waals surface area contributed by atoms with Crippen molar-refractivity contribution in [3.63, 3.8) is 0 Å². The highest BCUT2D eigenvalue weighted by Crippen LogP contribution is 2.43. The van der Waals surface area contributed by atoms with Gasteiger partial charge in [0.25, 0.3) is 0 Å². The van der Waals surface area contributed by atoms with Crippen LogP contribution in [0.1, 0.15) is 0 Å². The van der Waals surface area contributed by atoms with Gasteiger partial charge in [0.2, 0.25) is 0 Å². The summed E-state index contributed by atoms with van der Waals surface area (Å²) in [7, 11) is 0. The van der Waals surface area contributed by atoms with Gasteiger partial charge in [-0.05, 0) is 36.4 Å². The number of benzene rings is 3. The van der Waals surface area contributed by atoms with Crippen LogP contribution in [0.2, 0.25) is 0 Å². The number of nitrogens with two attached hydrogens (primary N) is 2. The van der Waals surface area contributed by atoms with Gasteiger partial charge in [-0.15, -0.1) is 0 Å². The minimum atomic E-state index is 0.646. The van der Waals surface area contributed by atoms with E-state index in [1.807, 2.05) is 23.9 Å². The minimum absolute atomic E-state index is 0.646. The van der Waals surface area contributed by atoms with E-state index in [9.17, 15) is 0 Å². The van der Waals surface area contributed by atoms with Crippen LogP contribution in [0.3, 0.4) is 0 Å². The van der Waals surface area contributed by atoms with Crippen molar-refractivity contribution in [3.8, 4) is 0 Å². The molecule has 0 aromatic heterocycles. The molecule has 3 aromatic carbocycles. The third-order valence-corrected chi connectivity index (χ3v) is 4.41. The molecule has 0 saturated carbocycles. The molecule has 0 fully saturated rings. The SMILES string of the molecule is Nc1ccccc1N.c1ccc2c(c1)Nc1ccccc1S2. The van der Waals surface area contributed by atoms with E-state index in [0.717, 1.165) is 0 Å². The van der Waals surface area contributed by atoms with Gasteiger partial charge >= 0.3 is 0 Å². The first kappa shape index (κ1) is 14.4. The molecule has 0 saturated heterocycles. The number of rotatable bonds is 0. The molecule has 1 heterocycles. The molecule has 0 bridgehead atoms. The molecule has 5 N–H and O–H groups in total. The smallest absolute Gasteiger partial charge is 0.0547 e. The number of nitrogen functional groups attached to an aromatic ring is 2. The Kier molecular flexibility index (Phi) is 4.21. The summed E-state index contributed by atoms with van der Waals surface area (Å²) in [6.07, 6.45) is 0. The van der Waals surface area contributed by atoms with E-state index in [4.69, 9.17) is 11.5 Å². The van der Waals surface area contributed by atoms with E-state index in [0.29, 0.717) is 11.4 Å². The van der Waals surface area contributed by atoms with Crippen LogP contribution in [0.5, 0.6) is 0 Å². The molecule has 3 aromatic rings. The van der Waals surface area contributed by atoms with Crippen LogP contribution in [0.4, 0.5) is 22.7 Å². The van der Waals surface area contributed by atoms with Crippen molar-refractivity contribution >= 4 is 34.5 Å². The number of hydrogen-bond acceptors (Lipinski definition) is 4. The maximum absolute atomic E-state index is 5.39. The first-order valence-electron chi connectivity index (χ1n) is 6.97. The number of hydrogen-bond donors (Lipinski definition) is 3. The second kappa shape index (κ2) is 6.45. The zero-order valence-corrected chi connectivity index (χ0v) is 12.8. The summed E-state index contributed by atoms with van der Waals surface area (Å²) in [6, 6.07) is 24.0. The molecule has 0 amide bonds. The van der Waals surface area contributed by atoms with Crippen molar-refractivity contribution in [2.75, 3.05) is 16.8 Å². The quantitative estimate of drug-likeness (QED) is 0.410. The number of nitrogens with one attached hydrogen (secondary N) is 1. The Morgan fingerprint density at radius 1 is 0.591 bits per heavy atom. The highest BCUT2D eigenvalue weighted by atomic mass is 32.2. The molecule has 4 rings (SSSR count). The van der Waals surface area contributed by atoms with Gasteiger partial charge in [-0.2, -0.15) is 0 Å². The topological polar surface area (TPSA) is 64.1 Å². The van der Waals surface area contributed by atoms with Gasteiger partial charge in [0.1, 0.15) is 0 Å². The van der Waals surface area contributed by atoms with E-state index in [2.05, 4.69) is 53.8 Å². The molecular weight excluding hydrogens is 290 g/mol. The third-order valence-electron chi connectivity index (χ3n) is 3.26. The maximum atomic E-state index is 5.39. The summed E-state index contributed by atoms with van der Waals surface area (Å²) >= 11 is 1.82. The lowest BCUT2D eigenvalue weighted by molar-refractivity contribution is 1.32. The van der Waals surface area contributed by atoms with Gasteiger partial charge in [-0.1, -0.05) is 48.2 Å². The Balaban J connectivity index is 0.000000154. The Morgan fingerprint density at radius 3 is 1.45 bits per heavy atom. The maximum Gasteiger partial charge on any atom is 0.0547 e. The second-order valence-electron chi connectivity index (χ2n) is 4.85. The standard InChI is InChI=1S/C12H9NS.C6H8N2/c1-3-7-11-9(5-1)13-10-6-2-4-8-12(10)14-11;7-5-3-1-2-4-6(5)8/h1-8,13H;1-4H,7-8H2. The van der Waals surface area contributed by atoms with E-state index >= 15 is 0 Å². The van der Waals surface area contributed by atoms with Crippen LogP contribution in [-0.4, -0.2) is 0 Å². The molecule has 1 aliphatic heterocycles. The summed E-state index contributed by atoms with van der Waals surface area (Å²) in [5.41, 5.74) is 14.5. The molecule has 1 aliphatic rings. The molecule has 0 radical (unpaired) electrons. The van der Waals surface area contributed by atoms with Crippen LogP contribution in [0, 0.1) is 0 Å². The highest BCUT2D eigenvalue weighted by molar-refractivity contribution is 7.99. The highest BCUT2D eigenvalue weighted by Gasteiger charge is 2.13. The average molecular weight is 307 g/mol. The molecule has 0 atom stereocenters. The van der Waals surface area contributed by atoms with E-state index in [1.165, 1.54) is 21.2 Å². The van der Waals surface area contributed by atoms with Crippen LogP contribution in [0.15, 0.2) is 82.6 Å². The first-order chi connectivity index (χ1) is 10.7. The Bertz CT molecular complexity index is 678. The fourth-order valence-electron chi connectivity index (χ4n) is 2.09. The van der Waals surface area contributed by atoms with Gasteiger partial charge in [0, 0.05) is 9.79 Å². The molecule has 0 aliphatic carbocycles. The summed E-state index contributed by atoms with van der Waals surface area (Å²) in [6.45, 7) is 0. The number of anilines is 4. The van der Waals surface area contributed by atoms with Crippen LogP contribution >= 0.6 is 11.8 Å². The van der Waals surface area contributed by atoms with Crippen LogP contribution < -0.4 is 16.8 Å². The van der Waals surface area contributed by atoms with Crippen molar-refractivity contribution < 1.29 is 0 Å². The van der Waals surface area contributed by atoms with Crippen LogP contribution in [0.25, 0.3) is 0 Å². The van der Waals surface area contributed by atoms with E-state index in [1.54, 1.807) is 12.1 Å². The molecule has 4 heteroatoms. The van der Waals surface area contributed by atoms with Crippen LogP contribution in [-0.2, 0) is 0 Å². The Morgan fingerprint density at radius 2 is 1.00 bits per heavy atom. The second-order valence-corrected chi connectivity index (χ2v) is 5.93. The lowest BCUT2D eigenvalue weighted by atomic mass is 10.2. The molecule has 3 nitrogen and oxygen atoms in total. The zero-order chi connectivity index (χ0) is 15.4. The fourth-order valence-corrected chi connectivity index (χ4v) is 3.08. The molecule has 0 unspecified atom stereocenters. The van der Waals surface area contributed by atoms with E-state index in [-0.39, 0.29) is 0 Å². The lowest BCUT2D eigenvalue weighted by Gasteiger charge is -2.19. The number of fused-ring (bicyclic) bond motifs is 2. The zero-order valence-electron chi connectivity index (χ0n) is 12.0. The fraction of sp³-hybridized carbons (Fsp3) is 0. The molecular formula is C18H17N3S. The third kappa shape index (κ3) is 3.18. The van der Waals surface area contributed by atoms with Crippen molar-refractivity contribution in [1.29, 1.82) is 0 Å². The van der Waals surface area contributed by atoms with Gasteiger partial charge in [0.05, 0.1) is 22.7 Å². The normalized spacial score (nSPS) is 11.3. The minimum Gasteiger partial charge on any atom is -0.397 e. The molecule has 0 spiro atoms. The predicted octanol–water partition coefficient (Wildman–Crippen LogP) is 4.75. The Hall–Kier alpha value is -2.59. The van der Waals surface area contributed by atoms with Crippen molar-refractivity contribution in [2.24, 2.45) is 0 Å². The summed E-state index contributed by atoms with van der Waals surface area (Å²) < 4.78 is 0. The van der Waals surface area contributed by atoms with Crippen molar-refractivity contribution in [3.05, 3.63) is 72.8 Å². The van der Waals surface area contributed by atoms with Gasteiger partial charge in [0.15, 0.2) is 0 Å². The number of para-hydroxylation sites is 4. The predicted molar refractivity (Wildman–Crippen MR) is 95.6 cm³/mol. The monoisotopic (exact) mass is 307 g/mol. The molecule has 110 valence electrons. The van der Waals surface area contributed by atoms with Gasteiger partial charge in [-0.25, -0.2) is 0 Å². The van der Waals surface area contributed by atoms with Crippen molar-refractivity contribution in [1.82, 2.24) is 0 Å². The van der Waals surface area contributed by atoms with E-state index < -0.39 is 0 Å². The van der Waals surface area contributed by atoms with Crippen molar-refractivity contribution in [2.45, 2.75) is 9.79 Å². The van der Waals surface area contributed by atoms with Gasteiger partial charge in [-0.3, -0.25) is 0 Å². The molecule has 22 heavy (non-hydrogen) atoms. The lowest BCUT2D eigenvalue weighted by Crippen LogP contribution is -1.98. The first-order valence-corrected chi connectivity index (χ1v) is 7.78. The van der Waals surface area contributed by atoms with Gasteiger partial charge < -0.3 is 16.8 Å². The summed E-state index contributed by atoms with van der Waals surface area (Å²) in [5, 5.41) is 3.42. The Labute approximate surface area is 134 Å². The summed E-state index contributed by atoms with van der Waals surface area (Å²) in [5.74, 6) is 0. The largest absolute Gasteiger partial charge is 0.397 e. The average Bonchev–Trinajstić information content (AvgIpc) is 2.56.